The Morgan fingerprint density at radius 3 is 2.57 bits per heavy atom. The van der Waals surface area contributed by atoms with Crippen molar-refractivity contribution >= 4 is 29.3 Å². The lowest BCUT2D eigenvalue weighted by Crippen LogP contribution is -2.48. The molecule has 2 aromatic rings. The highest BCUT2D eigenvalue weighted by Gasteiger charge is 2.56. The quantitative estimate of drug-likeness (QED) is 0.823. The number of anilines is 1. The van der Waals surface area contributed by atoms with Crippen LogP contribution in [0, 0.1) is 0 Å². The first-order valence-electron chi connectivity index (χ1n) is 8.87. The number of benzene rings is 2. The van der Waals surface area contributed by atoms with Crippen molar-refractivity contribution in [3.05, 3.63) is 60.2 Å². The number of hydrogen-bond acceptors (Lipinski definition) is 4. The molecule has 8 heteroatoms. The van der Waals surface area contributed by atoms with Crippen LogP contribution in [0.15, 0.2) is 54.6 Å². The molecule has 2 saturated heterocycles. The number of thioether (sulfide) groups is 1. The Hall–Kier alpha value is -2.61. The molecule has 2 fully saturated rings. The lowest BCUT2D eigenvalue weighted by atomic mass is 10.0. The third-order valence-electron chi connectivity index (χ3n) is 5.00. The normalized spacial score (nSPS) is 23.8. The second-order valence-electron chi connectivity index (χ2n) is 6.63. The zero-order valence-electron chi connectivity index (χ0n) is 14.8. The fraction of sp³-hybridized carbons (Fsp3) is 0.300. The molecule has 1 N–H and O–H groups in total. The van der Waals surface area contributed by atoms with E-state index < -0.39 is 17.5 Å². The van der Waals surface area contributed by atoms with Gasteiger partial charge < -0.3 is 15.0 Å². The lowest BCUT2D eigenvalue weighted by Gasteiger charge is -2.34. The number of fused-ring (bicyclic) bond motifs is 1. The third-order valence-corrected chi connectivity index (χ3v) is 6.60. The van der Waals surface area contributed by atoms with Crippen LogP contribution in [0.4, 0.5) is 14.5 Å². The number of nitrogens with zero attached hydrogens (tertiary/aromatic N) is 1. The van der Waals surface area contributed by atoms with Crippen molar-refractivity contribution in [3.8, 4) is 5.75 Å². The maximum absolute atomic E-state index is 12.9. The maximum atomic E-state index is 12.9. The molecule has 4 rings (SSSR count). The summed E-state index contributed by atoms with van der Waals surface area (Å²) in [6.07, 6.45) is 1.08. The number of alkyl halides is 2. The van der Waals surface area contributed by atoms with E-state index in [-0.39, 0.29) is 17.6 Å². The molecule has 2 aliphatic heterocycles. The maximum Gasteiger partial charge on any atom is 0.387 e. The fourth-order valence-electron chi connectivity index (χ4n) is 3.78. The van der Waals surface area contributed by atoms with Gasteiger partial charge in [-0.05, 0) is 36.2 Å². The predicted molar refractivity (Wildman–Crippen MR) is 102 cm³/mol. The van der Waals surface area contributed by atoms with Crippen molar-refractivity contribution in [2.45, 2.75) is 30.4 Å². The minimum absolute atomic E-state index is 0.0160. The highest BCUT2D eigenvalue weighted by atomic mass is 32.2. The number of hydrogen-bond donors (Lipinski definition) is 1. The van der Waals surface area contributed by atoms with Gasteiger partial charge in [-0.3, -0.25) is 9.59 Å². The summed E-state index contributed by atoms with van der Waals surface area (Å²) < 4.78 is 28.8. The summed E-state index contributed by atoms with van der Waals surface area (Å²) in [4.78, 5) is 26.7. The summed E-state index contributed by atoms with van der Waals surface area (Å²) >= 11 is 1.61. The van der Waals surface area contributed by atoms with Crippen LogP contribution < -0.4 is 10.1 Å². The summed E-state index contributed by atoms with van der Waals surface area (Å²) in [5, 5.41) is 2.78. The molecule has 0 bridgehead atoms. The van der Waals surface area contributed by atoms with E-state index in [0.717, 1.165) is 5.56 Å². The summed E-state index contributed by atoms with van der Waals surface area (Å²) in [6.45, 7) is -2.90. The molecular formula is C20H18F2N2O3S. The van der Waals surface area contributed by atoms with Gasteiger partial charge in [0.05, 0.1) is 0 Å². The van der Waals surface area contributed by atoms with Crippen LogP contribution in [0.3, 0.4) is 0 Å². The molecule has 2 aromatic carbocycles. The Morgan fingerprint density at radius 1 is 1.18 bits per heavy atom. The van der Waals surface area contributed by atoms with Crippen molar-refractivity contribution in [1.29, 1.82) is 0 Å². The third kappa shape index (κ3) is 3.32. The molecule has 2 heterocycles. The first-order chi connectivity index (χ1) is 13.5. The minimum Gasteiger partial charge on any atom is -0.435 e. The monoisotopic (exact) mass is 404 g/mol. The van der Waals surface area contributed by atoms with E-state index in [1.54, 1.807) is 16.7 Å². The standard InChI is InChI=1S/C20H18F2N2O3S/c21-19(22)27-15-8-6-14(7-9-15)23-18(26)16-12-28-20(11-10-17(25)24(16)20)13-4-2-1-3-5-13/h1-9,16,19H,10-12H2,(H,23,26)/t16-,20+/m0/s1. The minimum atomic E-state index is -2.90. The molecule has 0 spiro atoms. The van der Waals surface area contributed by atoms with Crippen LogP contribution >= 0.6 is 11.8 Å². The van der Waals surface area contributed by atoms with Crippen molar-refractivity contribution in [2.75, 3.05) is 11.1 Å². The van der Waals surface area contributed by atoms with E-state index in [1.807, 2.05) is 30.3 Å². The number of ether oxygens (including phenoxy) is 1. The SMILES string of the molecule is O=C(Nc1ccc(OC(F)F)cc1)[C@@H]1CS[C@@]2(c3ccccc3)CCC(=O)N12. The highest BCUT2D eigenvalue weighted by molar-refractivity contribution is 8.00. The van der Waals surface area contributed by atoms with Gasteiger partial charge in [0, 0.05) is 17.9 Å². The van der Waals surface area contributed by atoms with Crippen LogP contribution in [0.2, 0.25) is 0 Å². The van der Waals surface area contributed by atoms with E-state index in [4.69, 9.17) is 0 Å². The van der Waals surface area contributed by atoms with Crippen LogP contribution in [-0.2, 0) is 14.5 Å². The molecule has 0 radical (unpaired) electrons. The van der Waals surface area contributed by atoms with E-state index in [0.29, 0.717) is 24.3 Å². The molecule has 0 saturated carbocycles. The number of amides is 2. The molecule has 0 aliphatic carbocycles. The van der Waals surface area contributed by atoms with Gasteiger partial charge in [0.1, 0.15) is 16.7 Å². The van der Waals surface area contributed by atoms with E-state index >= 15 is 0 Å². The second-order valence-corrected chi connectivity index (χ2v) is 7.93. The average Bonchev–Trinajstić information content (AvgIpc) is 3.23. The zero-order chi connectivity index (χ0) is 19.7. The molecule has 2 aliphatic rings. The van der Waals surface area contributed by atoms with E-state index in [9.17, 15) is 18.4 Å². The number of nitrogens with one attached hydrogen (secondary N) is 1. The molecule has 28 heavy (non-hydrogen) atoms. The molecule has 0 aromatic heterocycles. The predicted octanol–water partition coefficient (Wildman–Crippen LogP) is 3.82. The highest BCUT2D eigenvalue weighted by Crippen LogP contribution is 2.54. The summed E-state index contributed by atoms with van der Waals surface area (Å²) in [5.41, 5.74) is 1.48. The van der Waals surface area contributed by atoms with Crippen molar-refractivity contribution in [2.24, 2.45) is 0 Å². The van der Waals surface area contributed by atoms with Gasteiger partial charge in [0.15, 0.2) is 0 Å². The first kappa shape index (κ1) is 18.7. The van der Waals surface area contributed by atoms with Crippen LogP contribution in [0.5, 0.6) is 5.75 Å². The van der Waals surface area contributed by atoms with Gasteiger partial charge in [0.25, 0.3) is 0 Å². The van der Waals surface area contributed by atoms with Crippen LogP contribution in [0.25, 0.3) is 0 Å². The van der Waals surface area contributed by atoms with E-state index in [1.165, 1.54) is 24.3 Å². The van der Waals surface area contributed by atoms with Crippen molar-refractivity contribution in [3.63, 3.8) is 0 Å². The Balaban J connectivity index is 1.52. The van der Waals surface area contributed by atoms with Gasteiger partial charge in [-0.2, -0.15) is 8.78 Å². The number of halogens is 2. The average molecular weight is 404 g/mol. The van der Waals surface area contributed by atoms with E-state index in [2.05, 4.69) is 10.1 Å². The van der Waals surface area contributed by atoms with Gasteiger partial charge in [-0.1, -0.05) is 30.3 Å². The molecule has 5 nitrogen and oxygen atoms in total. The Kier molecular flexibility index (Phi) is 4.97. The molecular weight excluding hydrogens is 386 g/mol. The van der Waals surface area contributed by atoms with Crippen molar-refractivity contribution in [1.82, 2.24) is 4.90 Å². The number of rotatable bonds is 5. The van der Waals surface area contributed by atoms with Gasteiger partial charge >= 0.3 is 6.61 Å². The topological polar surface area (TPSA) is 58.6 Å². The van der Waals surface area contributed by atoms with Crippen molar-refractivity contribution < 1.29 is 23.1 Å². The Morgan fingerprint density at radius 2 is 1.89 bits per heavy atom. The summed E-state index contributed by atoms with van der Waals surface area (Å²) in [5.74, 6) is 0.194. The molecule has 2 amide bonds. The van der Waals surface area contributed by atoms with Gasteiger partial charge in [-0.25, -0.2) is 0 Å². The zero-order valence-corrected chi connectivity index (χ0v) is 15.6. The first-order valence-corrected chi connectivity index (χ1v) is 9.85. The Labute approximate surface area is 165 Å². The fourth-order valence-corrected chi connectivity index (χ4v) is 5.43. The van der Waals surface area contributed by atoms with Crippen LogP contribution in [0.1, 0.15) is 18.4 Å². The van der Waals surface area contributed by atoms with Gasteiger partial charge in [-0.15, -0.1) is 11.8 Å². The van der Waals surface area contributed by atoms with Gasteiger partial charge in [0.2, 0.25) is 11.8 Å². The number of carbonyl (C=O) groups is 2. The summed E-state index contributed by atoms with van der Waals surface area (Å²) in [6, 6.07) is 14.9. The second kappa shape index (κ2) is 7.43. The number of carbonyl (C=O) groups excluding carboxylic acids is 2. The molecule has 2 atom stereocenters. The summed E-state index contributed by atoms with van der Waals surface area (Å²) in [7, 11) is 0. The Bertz CT molecular complexity index is 879. The largest absolute Gasteiger partial charge is 0.435 e. The lowest BCUT2D eigenvalue weighted by molar-refractivity contribution is -0.136. The van der Waals surface area contributed by atoms with Crippen LogP contribution in [-0.4, -0.2) is 35.1 Å². The molecule has 0 unspecified atom stereocenters. The smallest absolute Gasteiger partial charge is 0.387 e. The molecule has 146 valence electrons.